The molecule has 2 aromatic carbocycles. The number of sulfonamides is 1. The maximum Gasteiger partial charge on any atom is 0.471 e. The Morgan fingerprint density at radius 3 is 2.14 bits per heavy atom. The van der Waals surface area contributed by atoms with E-state index in [4.69, 9.17) is 0 Å². The van der Waals surface area contributed by atoms with E-state index in [1.54, 1.807) is 12.1 Å². The third-order valence-corrected chi connectivity index (χ3v) is 4.83. The molecule has 0 spiro atoms. The highest BCUT2D eigenvalue weighted by Gasteiger charge is 2.38. The van der Waals surface area contributed by atoms with Gasteiger partial charge in [-0.15, -0.1) is 0 Å². The van der Waals surface area contributed by atoms with Crippen molar-refractivity contribution in [2.24, 2.45) is 0 Å². The molecule has 0 unspecified atom stereocenters. The van der Waals surface area contributed by atoms with Crippen molar-refractivity contribution in [1.82, 2.24) is 10.1 Å². The second kappa shape index (κ2) is 7.58. The number of alkyl halides is 3. The molecule has 0 saturated carbocycles. The minimum absolute atomic E-state index is 0.000436. The quantitative estimate of drug-likeness (QED) is 0.620. The monoisotopic (exact) mass is 415 g/mol. The number of nitrogens with one attached hydrogen (secondary N) is 1. The SMILES string of the molecule is O=S(=O)(Cc1ccc(Cc2noc(C(F)(F)F)n2)cc1)Nc1ccc(F)cc1. The molecule has 0 bridgehead atoms. The molecule has 3 rings (SSSR count). The lowest BCUT2D eigenvalue weighted by Crippen LogP contribution is -2.15. The van der Waals surface area contributed by atoms with E-state index in [0.717, 1.165) is 12.1 Å². The van der Waals surface area contributed by atoms with Crippen LogP contribution in [0.3, 0.4) is 0 Å². The van der Waals surface area contributed by atoms with Gasteiger partial charge in [0, 0.05) is 12.1 Å². The Morgan fingerprint density at radius 2 is 1.57 bits per heavy atom. The van der Waals surface area contributed by atoms with Gasteiger partial charge in [0.2, 0.25) is 10.0 Å². The number of rotatable bonds is 6. The Morgan fingerprint density at radius 1 is 0.964 bits per heavy atom. The first kappa shape index (κ1) is 19.8. The molecule has 0 saturated heterocycles. The lowest BCUT2D eigenvalue weighted by atomic mass is 10.1. The van der Waals surface area contributed by atoms with Crippen LogP contribution in [-0.4, -0.2) is 18.6 Å². The molecule has 3 aromatic rings. The first-order valence-corrected chi connectivity index (χ1v) is 9.50. The normalized spacial score (nSPS) is 12.1. The summed E-state index contributed by atoms with van der Waals surface area (Å²) in [6.07, 6.45) is -4.71. The van der Waals surface area contributed by atoms with Gasteiger partial charge in [-0.3, -0.25) is 4.72 Å². The largest absolute Gasteiger partial charge is 0.471 e. The Hall–Kier alpha value is -2.95. The molecule has 0 atom stereocenters. The molecule has 0 radical (unpaired) electrons. The van der Waals surface area contributed by atoms with Crippen molar-refractivity contribution in [3.05, 3.63) is 77.2 Å². The lowest BCUT2D eigenvalue weighted by Gasteiger charge is -2.08. The van der Waals surface area contributed by atoms with Gasteiger partial charge in [-0.05, 0) is 35.4 Å². The topological polar surface area (TPSA) is 85.1 Å². The van der Waals surface area contributed by atoms with E-state index in [-0.39, 0.29) is 23.7 Å². The van der Waals surface area contributed by atoms with Gasteiger partial charge >= 0.3 is 12.1 Å². The highest BCUT2D eigenvalue weighted by atomic mass is 32.2. The van der Waals surface area contributed by atoms with Crippen molar-refractivity contribution in [3.8, 4) is 0 Å². The van der Waals surface area contributed by atoms with Crippen LogP contribution < -0.4 is 4.72 Å². The molecule has 0 aliphatic heterocycles. The van der Waals surface area contributed by atoms with E-state index in [0.29, 0.717) is 11.1 Å². The zero-order chi connectivity index (χ0) is 20.4. The van der Waals surface area contributed by atoms with Crippen molar-refractivity contribution >= 4 is 15.7 Å². The molecule has 1 heterocycles. The Labute approximate surface area is 157 Å². The molecule has 0 aliphatic carbocycles. The Kier molecular flexibility index (Phi) is 5.36. The number of anilines is 1. The van der Waals surface area contributed by atoms with Gasteiger partial charge < -0.3 is 4.52 Å². The number of nitrogens with zero attached hydrogens (tertiary/aromatic N) is 2. The maximum atomic E-state index is 12.9. The van der Waals surface area contributed by atoms with Crippen LogP contribution in [0, 0.1) is 5.82 Å². The average molecular weight is 415 g/mol. The van der Waals surface area contributed by atoms with Gasteiger partial charge in [-0.2, -0.15) is 18.2 Å². The van der Waals surface area contributed by atoms with Crippen LogP contribution in [0.15, 0.2) is 53.1 Å². The minimum atomic E-state index is -4.71. The molecule has 0 aliphatic rings. The zero-order valence-corrected chi connectivity index (χ0v) is 14.9. The minimum Gasteiger partial charge on any atom is -0.329 e. The highest BCUT2D eigenvalue weighted by Crippen LogP contribution is 2.27. The second-order valence-corrected chi connectivity index (χ2v) is 7.60. The van der Waals surface area contributed by atoms with Crippen molar-refractivity contribution in [3.63, 3.8) is 0 Å². The summed E-state index contributed by atoms with van der Waals surface area (Å²) in [5.74, 6) is -2.37. The number of halogens is 4. The van der Waals surface area contributed by atoms with Crippen molar-refractivity contribution < 1.29 is 30.5 Å². The summed E-state index contributed by atoms with van der Waals surface area (Å²) in [5, 5.41) is 3.27. The summed E-state index contributed by atoms with van der Waals surface area (Å²) in [5.41, 5.74) is 1.28. The molecular formula is C17H13F4N3O3S. The van der Waals surface area contributed by atoms with Crippen LogP contribution in [0.5, 0.6) is 0 Å². The lowest BCUT2D eigenvalue weighted by molar-refractivity contribution is -0.159. The number of benzene rings is 2. The van der Waals surface area contributed by atoms with Gasteiger partial charge in [-0.25, -0.2) is 12.8 Å². The molecule has 28 heavy (non-hydrogen) atoms. The predicted octanol–water partition coefficient (Wildman–Crippen LogP) is 3.76. The number of aromatic nitrogens is 2. The van der Waals surface area contributed by atoms with E-state index >= 15 is 0 Å². The first-order valence-electron chi connectivity index (χ1n) is 7.84. The fourth-order valence-corrected chi connectivity index (χ4v) is 3.53. The van der Waals surface area contributed by atoms with Gasteiger partial charge in [0.05, 0.1) is 5.75 Å². The Bertz CT molecular complexity index is 1050. The van der Waals surface area contributed by atoms with Crippen LogP contribution in [0.4, 0.5) is 23.2 Å². The van der Waals surface area contributed by atoms with E-state index in [2.05, 4.69) is 19.4 Å². The van der Waals surface area contributed by atoms with E-state index in [1.165, 1.54) is 24.3 Å². The van der Waals surface area contributed by atoms with E-state index < -0.39 is 27.9 Å². The molecular weight excluding hydrogens is 402 g/mol. The van der Waals surface area contributed by atoms with Crippen LogP contribution >= 0.6 is 0 Å². The third-order valence-electron chi connectivity index (χ3n) is 3.57. The van der Waals surface area contributed by atoms with Crippen LogP contribution in [0.2, 0.25) is 0 Å². The standard InChI is InChI=1S/C17H13F4N3O3S/c18-13-5-7-14(8-6-13)24-28(25,26)10-12-3-1-11(2-4-12)9-15-22-16(27-23-15)17(19,20)21/h1-8,24H,9-10H2. The summed E-state index contributed by atoms with van der Waals surface area (Å²) < 4.78 is 81.1. The van der Waals surface area contributed by atoms with Crippen LogP contribution in [0.1, 0.15) is 22.8 Å². The molecule has 1 N–H and O–H groups in total. The fourth-order valence-electron chi connectivity index (χ4n) is 2.33. The maximum absolute atomic E-state index is 12.9. The molecule has 6 nitrogen and oxygen atoms in total. The molecule has 148 valence electrons. The zero-order valence-electron chi connectivity index (χ0n) is 14.1. The van der Waals surface area contributed by atoms with Gasteiger partial charge in [0.1, 0.15) is 5.82 Å². The van der Waals surface area contributed by atoms with Crippen LogP contribution in [0.25, 0.3) is 0 Å². The number of hydrogen-bond donors (Lipinski definition) is 1. The van der Waals surface area contributed by atoms with Gasteiger partial charge in [0.25, 0.3) is 0 Å². The summed E-state index contributed by atoms with van der Waals surface area (Å²) in [6, 6.07) is 11.1. The summed E-state index contributed by atoms with van der Waals surface area (Å²) in [7, 11) is -3.72. The number of hydrogen-bond acceptors (Lipinski definition) is 5. The molecule has 1 aromatic heterocycles. The highest BCUT2D eigenvalue weighted by molar-refractivity contribution is 7.91. The van der Waals surface area contributed by atoms with E-state index in [9.17, 15) is 26.0 Å². The molecule has 0 amide bonds. The van der Waals surface area contributed by atoms with Crippen molar-refractivity contribution in [2.45, 2.75) is 18.3 Å². The predicted molar refractivity (Wildman–Crippen MR) is 91.2 cm³/mol. The summed E-state index contributed by atoms with van der Waals surface area (Å²) in [6.45, 7) is 0. The second-order valence-electron chi connectivity index (χ2n) is 5.87. The summed E-state index contributed by atoms with van der Waals surface area (Å²) in [4.78, 5) is 3.28. The fraction of sp³-hybridized carbons (Fsp3) is 0.176. The first-order chi connectivity index (χ1) is 13.1. The smallest absolute Gasteiger partial charge is 0.329 e. The van der Waals surface area contributed by atoms with Crippen molar-refractivity contribution in [1.29, 1.82) is 0 Å². The van der Waals surface area contributed by atoms with Gasteiger partial charge in [-0.1, -0.05) is 29.4 Å². The van der Waals surface area contributed by atoms with Crippen LogP contribution in [-0.2, 0) is 28.4 Å². The van der Waals surface area contributed by atoms with E-state index in [1.807, 2.05) is 0 Å². The van der Waals surface area contributed by atoms with Gasteiger partial charge in [0.15, 0.2) is 5.82 Å². The van der Waals surface area contributed by atoms with Crippen molar-refractivity contribution in [2.75, 3.05) is 4.72 Å². The molecule has 0 fully saturated rings. The molecule has 11 heteroatoms. The third kappa shape index (κ3) is 5.28. The Balaban J connectivity index is 1.63. The summed E-state index contributed by atoms with van der Waals surface area (Å²) >= 11 is 0. The average Bonchev–Trinajstić information content (AvgIpc) is 3.07.